The minimum Gasteiger partial charge on any atom is -0.345 e. The fourth-order valence-corrected chi connectivity index (χ4v) is 2.84. The van der Waals surface area contributed by atoms with Gasteiger partial charge in [0.2, 0.25) is 17.2 Å². The Kier molecular flexibility index (Phi) is 5.30. The molecule has 0 amide bonds. The molecule has 1 N–H and O–H groups in total. The van der Waals surface area contributed by atoms with Crippen molar-refractivity contribution in [3.8, 4) is 0 Å². The van der Waals surface area contributed by atoms with E-state index in [9.17, 15) is 0 Å². The van der Waals surface area contributed by atoms with Crippen molar-refractivity contribution in [1.29, 1.82) is 0 Å². The Hall–Kier alpha value is -1.47. The van der Waals surface area contributed by atoms with Crippen molar-refractivity contribution in [2.24, 2.45) is 0 Å². The van der Waals surface area contributed by atoms with E-state index in [-0.39, 0.29) is 11.3 Å². The molecule has 0 spiro atoms. The molecular formula is C13H19ClN6S. The highest BCUT2D eigenvalue weighted by atomic mass is 35.5. The molecule has 0 radical (unpaired) electrons. The average Bonchev–Trinajstić information content (AvgIpc) is 2.86. The van der Waals surface area contributed by atoms with Crippen molar-refractivity contribution < 1.29 is 0 Å². The highest BCUT2D eigenvalue weighted by Crippen LogP contribution is 2.22. The molecule has 114 valence electrons. The van der Waals surface area contributed by atoms with Crippen molar-refractivity contribution >= 4 is 34.8 Å². The average molecular weight is 327 g/mol. The first kappa shape index (κ1) is 15.9. The van der Waals surface area contributed by atoms with Crippen LogP contribution in [0.25, 0.3) is 0 Å². The number of anilines is 2. The Morgan fingerprint density at radius 2 is 1.95 bits per heavy atom. The first-order chi connectivity index (χ1) is 10.0. The van der Waals surface area contributed by atoms with Gasteiger partial charge in [-0.1, -0.05) is 0 Å². The van der Waals surface area contributed by atoms with Gasteiger partial charge in [-0.2, -0.15) is 15.0 Å². The lowest BCUT2D eigenvalue weighted by molar-refractivity contribution is 0.796. The Morgan fingerprint density at radius 1 is 1.24 bits per heavy atom. The molecule has 1 unspecified atom stereocenters. The molecule has 2 aromatic heterocycles. The second kappa shape index (κ2) is 7.00. The molecule has 0 aromatic carbocycles. The predicted molar refractivity (Wildman–Crippen MR) is 87.3 cm³/mol. The molecule has 8 heteroatoms. The van der Waals surface area contributed by atoms with Crippen LogP contribution in [0, 0.1) is 6.92 Å². The van der Waals surface area contributed by atoms with Crippen LogP contribution in [0.2, 0.25) is 5.28 Å². The van der Waals surface area contributed by atoms with Gasteiger partial charge < -0.3 is 10.2 Å². The maximum atomic E-state index is 6.00. The van der Waals surface area contributed by atoms with Crippen LogP contribution in [0.3, 0.4) is 0 Å². The molecule has 0 fully saturated rings. The zero-order chi connectivity index (χ0) is 15.4. The molecular weight excluding hydrogens is 308 g/mol. The van der Waals surface area contributed by atoms with Gasteiger partial charge >= 0.3 is 0 Å². The monoisotopic (exact) mass is 326 g/mol. The van der Waals surface area contributed by atoms with Crippen LogP contribution in [0.4, 0.5) is 11.9 Å². The summed E-state index contributed by atoms with van der Waals surface area (Å²) in [6.45, 7) is 9.73. The molecule has 0 saturated carbocycles. The third kappa shape index (κ3) is 4.01. The topological polar surface area (TPSA) is 66.8 Å². The lowest BCUT2D eigenvalue weighted by atomic mass is 10.3. The smallest absolute Gasteiger partial charge is 0.231 e. The van der Waals surface area contributed by atoms with Gasteiger partial charge in [-0.15, -0.1) is 11.3 Å². The van der Waals surface area contributed by atoms with Crippen molar-refractivity contribution in [2.75, 3.05) is 23.3 Å². The fourth-order valence-electron chi connectivity index (χ4n) is 1.88. The summed E-state index contributed by atoms with van der Waals surface area (Å²) >= 11 is 7.61. The molecule has 0 bridgehead atoms. The second-order valence-electron chi connectivity index (χ2n) is 4.59. The van der Waals surface area contributed by atoms with E-state index in [1.165, 1.54) is 0 Å². The van der Waals surface area contributed by atoms with E-state index in [0.717, 1.165) is 23.8 Å². The standard InChI is InChI=1S/C13H19ClN6S/c1-5-20(6-2)13-18-11(14)17-12(19-13)16-9(4)10-15-8(3)7-21-10/h7,9H,5-6H2,1-4H3,(H,16,17,18,19). The van der Waals surface area contributed by atoms with Gasteiger partial charge in [0.05, 0.1) is 6.04 Å². The quantitative estimate of drug-likeness (QED) is 0.878. The summed E-state index contributed by atoms with van der Waals surface area (Å²) in [5, 5.41) is 6.44. The first-order valence-corrected chi connectivity index (χ1v) is 8.14. The highest BCUT2D eigenvalue weighted by Gasteiger charge is 2.14. The highest BCUT2D eigenvalue weighted by molar-refractivity contribution is 7.09. The van der Waals surface area contributed by atoms with Gasteiger partial charge in [0, 0.05) is 24.2 Å². The lowest BCUT2D eigenvalue weighted by Gasteiger charge is -2.19. The Bertz CT molecular complexity index is 598. The second-order valence-corrected chi connectivity index (χ2v) is 5.82. The number of nitrogens with one attached hydrogen (secondary N) is 1. The van der Waals surface area contributed by atoms with E-state index in [2.05, 4.69) is 39.1 Å². The summed E-state index contributed by atoms with van der Waals surface area (Å²) in [6.07, 6.45) is 0. The van der Waals surface area contributed by atoms with Crippen LogP contribution in [0.15, 0.2) is 5.38 Å². The lowest BCUT2D eigenvalue weighted by Crippen LogP contribution is -2.25. The first-order valence-electron chi connectivity index (χ1n) is 6.88. The van der Waals surface area contributed by atoms with Gasteiger partial charge in [-0.05, 0) is 39.3 Å². The van der Waals surface area contributed by atoms with E-state index < -0.39 is 0 Å². The van der Waals surface area contributed by atoms with Crippen LogP contribution in [-0.2, 0) is 0 Å². The third-order valence-corrected chi connectivity index (χ3v) is 4.31. The third-order valence-electron chi connectivity index (χ3n) is 3.00. The zero-order valence-electron chi connectivity index (χ0n) is 12.6. The molecule has 2 aromatic rings. The summed E-state index contributed by atoms with van der Waals surface area (Å²) < 4.78 is 0. The maximum absolute atomic E-state index is 6.00. The predicted octanol–water partition coefficient (Wildman–Crippen LogP) is 3.31. The van der Waals surface area contributed by atoms with Crippen LogP contribution in [0.5, 0.6) is 0 Å². The molecule has 0 aliphatic rings. The molecule has 21 heavy (non-hydrogen) atoms. The molecule has 6 nitrogen and oxygen atoms in total. The van der Waals surface area contributed by atoms with Crippen molar-refractivity contribution in [3.63, 3.8) is 0 Å². The van der Waals surface area contributed by atoms with Crippen molar-refractivity contribution in [3.05, 3.63) is 21.4 Å². The maximum Gasteiger partial charge on any atom is 0.231 e. The summed E-state index contributed by atoms with van der Waals surface area (Å²) in [7, 11) is 0. The van der Waals surface area contributed by atoms with Crippen LogP contribution >= 0.6 is 22.9 Å². The van der Waals surface area contributed by atoms with Crippen LogP contribution in [0.1, 0.15) is 37.5 Å². The van der Waals surface area contributed by atoms with Gasteiger partial charge in [-0.25, -0.2) is 4.98 Å². The van der Waals surface area contributed by atoms with Crippen molar-refractivity contribution in [1.82, 2.24) is 19.9 Å². The molecule has 1 atom stereocenters. The van der Waals surface area contributed by atoms with Gasteiger partial charge in [-0.3, -0.25) is 0 Å². The number of rotatable bonds is 6. The summed E-state index contributed by atoms with van der Waals surface area (Å²) in [5.41, 5.74) is 1.01. The SMILES string of the molecule is CCN(CC)c1nc(Cl)nc(NC(C)c2nc(C)cs2)n1. The number of hydrogen-bond acceptors (Lipinski definition) is 7. The van der Waals surface area contributed by atoms with Crippen LogP contribution < -0.4 is 10.2 Å². The largest absolute Gasteiger partial charge is 0.345 e. The number of thiazole rings is 1. The minimum atomic E-state index is 0.0201. The van der Waals surface area contributed by atoms with Crippen molar-refractivity contribution in [2.45, 2.75) is 33.7 Å². The Labute approximate surface area is 133 Å². The van der Waals surface area contributed by atoms with Gasteiger partial charge in [0.15, 0.2) is 0 Å². The number of aryl methyl sites for hydroxylation is 1. The Balaban J connectivity index is 2.19. The van der Waals surface area contributed by atoms with E-state index in [1.54, 1.807) is 11.3 Å². The molecule has 0 saturated heterocycles. The zero-order valence-corrected chi connectivity index (χ0v) is 14.2. The summed E-state index contributed by atoms with van der Waals surface area (Å²) in [5.74, 6) is 1.06. The minimum absolute atomic E-state index is 0.0201. The summed E-state index contributed by atoms with van der Waals surface area (Å²) in [6, 6.07) is 0.0201. The summed E-state index contributed by atoms with van der Waals surface area (Å²) in [4.78, 5) is 19.2. The number of aromatic nitrogens is 4. The molecule has 0 aliphatic heterocycles. The number of halogens is 1. The normalized spacial score (nSPS) is 12.2. The number of nitrogens with zero attached hydrogens (tertiary/aromatic N) is 5. The van der Waals surface area contributed by atoms with E-state index in [1.807, 2.05) is 24.1 Å². The molecule has 2 rings (SSSR count). The van der Waals surface area contributed by atoms with E-state index in [4.69, 9.17) is 11.6 Å². The van der Waals surface area contributed by atoms with E-state index in [0.29, 0.717) is 11.9 Å². The fraction of sp³-hybridized carbons (Fsp3) is 0.538. The van der Waals surface area contributed by atoms with E-state index >= 15 is 0 Å². The van der Waals surface area contributed by atoms with Gasteiger partial charge in [0.1, 0.15) is 5.01 Å². The molecule has 0 aliphatic carbocycles. The van der Waals surface area contributed by atoms with Gasteiger partial charge in [0.25, 0.3) is 0 Å². The van der Waals surface area contributed by atoms with Crippen LogP contribution in [-0.4, -0.2) is 33.0 Å². The molecule has 2 heterocycles. The number of hydrogen-bond donors (Lipinski definition) is 1. The Morgan fingerprint density at radius 3 is 2.52 bits per heavy atom.